The molecule has 1 heterocycles. The molecule has 6 nitrogen and oxygen atoms in total. The van der Waals surface area contributed by atoms with Gasteiger partial charge in [0.2, 0.25) is 0 Å². The van der Waals surface area contributed by atoms with Gasteiger partial charge in [-0.25, -0.2) is 0 Å². The van der Waals surface area contributed by atoms with E-state index in [2.05, 4.69) is 59.5 Å². The molecule has 1 fully saturated rings. The number of hydrogen-bond donors (Lipinski definition) is 2. The fraction of sp³-hybridized carbons (Fsp3) is 0.650. The van der Waals surface area contributed by atoms with Gasteiger partial charge in [0, 0.05) is 32.7 Å². The molecule has 0 atom stereocenters. The topological polar surface area (TPSA) is 58.1 Å². The Morgan fingerprint density at radius 3 is 2.62 bits per heavy atom. The maximum absolute atomic E-state index is 5.94. The van der Waals surface area contributed by atoms with Crippen molar-refractivity contribution in [1.29, 1.82) is 0 Å². The van der Waals surface area contributed by atoms with Gasteiger partial charge in [0.25, 0.3) is 0 Å². The van der Waals surface area contributed by atoms with Crippen molar-refractivity contribution in [2.24, 2.45) is 4.99 Å². The smallest absolute Gasteiger partial charge is 0.191 e. The molecule has 1 aliphatic heterocycles. The Kier molecular flexibility index (Phi) is 9.28. The van der Waals surface area contributed by atoms with Gasteiger partial charge in [0.05, 0.1) is 19.8 Å². The number of nitrogens with zero attached hydrogens (tertiary/aromatic N) is 2. The van der Waals surface area contributed by atoms with Crippen molar-refractivity contribution in [1.82, 2.24) is 15.5 Å². The van der Waals surface area contributed by atoms with Crippen LogP contribution in [-0.2, 0) is 4.74 Å². The second-order valence-corrected chi connectivity index (χ2v) is 6.56. The average Bonchev–Trinajstić information content (AvgIpc) is 2.65. The summed E-state index contributed by atoms with van der Waals surface area (Å²) in [6.07, 6.45) is 1.06. The molecular formula is C20H34N4O2. The van der Waals surface area contributed by atoms with Gasteiger partial charge in [0.1, 0.15) is 12.4 Å². The highest BCUT2D eigenvalue weighted by Crippen LogP contribution is 2.21. The zero-order valence-corrected chi connectivity index (χ0v) is 16.5. The Morgan fingerprint density at radius 1 is 1.19 bits per heavy atom. The number of hydrogen-bond acceptors (Lipinski definition) is 4. The van der Waals surface area contributed by atoms with Crippen molar-refractivity contribution in [3.05, 3.63) is 29.3 Å². The van der Waals surface area contributed by atoms with Crippen molar-refractivity contribution < 1.29 is 9.47 Å². The van der Waals surface area contributed by atoms with E-state index in [1.54, 1.807) is 0 Å². The van der Waals surface area contributed by atoms with Crippen molar-refractivity contribution in [3.8, 4) is 5.75 Å². The van der Waals surface area contributed by atoms with E-state index in [0.717, 1.165) is 70.6 Å². The predicted octanol–water partition coefficient (Wildman–Crippen LogP) is 1.96. The summed E-state index contributed by atoms with van der Waals surface area (Å²) in [5.41, 5.74) is 2.35. The SMILES string of the molecule is CCNC(=NCCCN1CCOCC1)NCCOc1c(C)cccc1C. The molecule has 0 radical (unpaired) electrons. The fourth-order valence-electron chi connectivity index (χ4n) is 3.00. The molecule has 0 aromatic heterocycles. The molecule has 0 spiro atoms. The molecule has 1 aliphatic rings. The maximum atomic E-state index is 5.94. The van der Waals surface area contributed by atoms with E-state index in [0.29, 0.717) is 6.61 Å². The van der Waals surface area contributed by atoms with E-state index < -0.39 is 0 Å². The van der Waals surface area contributed by atoms with Crippen LogP contribution in [0, 0.1) is 13.8 Å². The lowest BCUT2D eigenvalue weighted by atomic mass is 10.1. The Hall–Kier alpha value is -1.79. The molecule has 2 N–H and O–H groups in total. The van der Waals surface area contributed by atoms with Crippen LogP contribution < -0.4 is 15.4 Å². The summed E-state index contributed by atoms with van der Waals surface area (Å²) in [4.78, 5) is 7.10. The van der Waals surface area contributed by atoms with Crippen molar-refractivity contribution in [2.45, 2.75) is 27.2 Å². The summed E-state index contributed by atoms with van der Waals surface area (Å²) in [6.45, 7) is 14.1. The second-order valence-electron chi connectivity index (χ2n) is 6.56. The quantitative estimate of drug-likeness (QED) is 0.400. The lowest BCUT2D eigenvalue weighted by molar-refractivity contribution is 0.0377. The van der Waals surface area contributed by atoms with Crippen LogP contribution in [-0.4, -0.2) is 69.9 Å². The summed E-state index contributed by atoms with van der Waals surface area (Å²) in [5.74, 6) is 1.85. The summed E-state index contributed by atoms with van der Waals surface area (Å²) < 4.78 is 11.3. The van der Waals surface area contributed by atoms with Gasteiger partial charge < -0.3 is 20.1 Å². The van der Waals surface area contributed by atoms with Crippen LogP contribution in [0.25, 0.3) is 0 Å². The van der Waals surface area contributed by atoms with E-state index >= 15 is 0 Å². The van der Waals surface area contributed by atoms with Gasteiger partial charge >= 0.3 is 0 Å². The first-order chi connectivity index (χ1) is 12.7. The van der Waals surface area contributed by atoms with E-state index in [1.165, 1.54) is 11.1 Å². The largest absolute Gasteiger partial charge is 0.491 e. The number of guanidine groups is 1. The zero-order valence-electron chi connectivity index (χ0n) is 16.5. The van der Waals surface area contributed by atoms with Crippen LogP contribution in [0.4, 0.5) is 0 Å². The summed E-state index contributed by atoms with van der Waals surface area (Å²) >= 11 is 0. The molecule has 1 aromatic carbocycles. The second kappa shape index (κ2) is 11.8. The Balaban J connectivity index is 1.67. The Morgan fingerprint density at radius 2 is 1.92 bits per heavy atom. The third-order valence-corrected chi connectivity index (χ3v) is 4.40. The van der Waals surface area contributed by atoms with Crippen LogP contribution in [0.3, 0.4) is 0 Å². The fourth-order valence-corrected chi connectivity index (χ4v) is 3.00. The van der Waals surface area contributed by atoms with Crippen molar-refractivity contribution in [2.75, 3.05) is 59.1 Å². The highest BCUT2D eigenvalue weighted by Gasteiger charge is 2.09. The minimum Gasteiger partial charge on any atom is -0.491 e. The first kappa shape index (κ1) is 20.5. The maximum Gasteiger partial charge on any atom is 0.191 e. The molecule has 2 rings (SSSR count). The highest BCUT2D eigenvalue weighted by molar-refractivity contribution is 5.79. The number of nitrogens with one attached hydrogen (secondary N) is 2. The molecule has 0 aliphatic carbocycles. The molecule has 146 valence electrons. The van der Waals surface area contributed by atoms with E-state index in [9.17, 15) is 0 Å². The number of para-hydroxylation sites is 1. The van der Waals surface area contributed by atoms with E-state index in [-0.39, 0.29) is 0 Å². The van der Waals surface area contributed by atoms with Gasteiger partial charge in [0.15, 0.2) is 5.96 Å². The van der Waals surface area contributed by atoms with E-state index in [4.69, 9.17) is 9.47 Å². The Labute approximate surface area is 158 Å². The summed E-state index contributed by atoms with van der Waals surface area (Å²) in [6, 6.07) is 6.22. The van der Waals surface area contributed by atoms with Gasteiger partial charge in [-0.3, -0.25) is 9.89 Å². The van der Waals surface area contributed by atoms with Gasteiger partial charge in [-0.15, -0.1) is 0 Å². The van der Waals surface area contributed by atoms with Crippen LogP contribution in [0.2, 0.25) is 0 Å². The minimum atomic E-state index is 0.615. The van der Waals surface area contributed by atoms with Crippen LogP contribution in [0.5, 0.6) is 5.75 Å². The summed E-state index contributed by atoms with van der Waals surface area (Å²) in [7, 11) is 0. The third kappa shape index (κ3) is 7.22. The normalized spacial score (nSPS) is 15.7. The average molecular weight is 363 g/mol. The molecule has 1 aromatic rings. The molecule has 26 heavy (non-hydrogen) atoms. The monoisotopic (exact) mass is 362 g/mol. The van der Waals surface area contributed by atoms with Gasteiger partial charge in [-0.1, -0.05) is 18.2 Å². The standard InChI is InChI=1S/C20H34N4O2/c1-4-21-20(22-9-6-11-24-12-15-25-16-13-24)23-10-14-26-19-17(2)7-5-8-18(19)3/h5,7-8H,4,6,9-16H2,1-3H3,(H2,21,22,23). The molecule has 1 saturated heterocycles. The number of morpholine rings is 1. The first-order valence-corrected chi connectivity index (χ1v) is 9.72. The van der Waals surface area contributed by atoms with Gasteiger partial charge in [-0.2, -0.15) is 0 Å². The first-order valence-electron chi connectivity index (χ1n) is 9.72. The van der Waals surface area contributed by atoms with Crippen LogP contribution in [0.15, 0.2) is 23.2 Å². The van der Waals surface area contributed by atoms with Crippen LogP contribution >= 0.6 is 0 Å². The molecule has 0 bridgehead atoms. The lowest BCUT2D eigenvalue weighted by Gasteiger charge is -2.26. The number of ether oxygens (including phenoxy) is 2. The van der Waals surface area contributed by atoms with Gasteiger partial charge in [-0.05, 0) is 38.3 Å². The van der Waals surface area contributed by atoms with E-state index in [1.807, 2.05) is 0 Å². The molecule has 0 unspecified atom stereocenters. The van der Waals surface area contributed by atoms with Crippen molar-refractivity contribution in [3.63, 3.8) is 0 Å². The molecule has 0 amide bonds. The number of aliphatic imine (C=N–C) groups is 1. The molecular weight excluding hydrogens is 328 g/mol. The number of rotatable bonds is 9. The highest BCUT2D eigenvalue weighted by atomic mass is 16.5. The molecule has 0 saturated carbocycles. The predicted molar refractivity (Wildman–Crippen MR) is 107 cm³/mol. The third-order valence-electron chi connectivity index (χ3n) is 4.40. The van der Waals surface area contributed by atoms with Crippen LogP contribution in [0.1, 0.15) is 24.5 Å². The molecule has 6 heteroatoms. The minimum absolute atomic E-state index is 0.615. The lowest BCUT2D eigenvalue weighted by Crippen LogP contribution is -2.40. The Bertz CT molecular complexity index is 536. The number of aryl methyl sites for hydroxylation is 2. The zero-order chi connectivity index (χ0) is 18.6. The van der Waals surface area contributed by atoms with Crippen molar-refractivity contribution >= 4 is 5.96 Å². The number of benzene rings is 1. The summed E-state index contributed by atoms with van der Waals surface area (Å²) in [5, 5.41) is 6.64.